The van der Waals surface area contributed by atoms with E-state index in [1.807, 2.05) is 11.6 Å². The van der Waals surface area contributed by atoms with Gasteiger partial charge in [0.1, 0.15) is 11.6 Å². The quantitative estimate of drug-likeness (QED) is 0.903. The monoisotopic (exact) mass is 247 g/mol. The number of imidazole rings is 1. The molecule has 2 aromatic rings. The van der Waals surface area contributed by atoms with Crippen LogP contribution in [0.1, 0.15) is 31.5 Å². The fraction of sp³-hybridized carbons (Fsp3) is 0.500. The van der Waals surface area contributed by atoms with Crippen molar-refractivity contribution < 1.29 is 4.39 Å². The minimum atomic E-state index is -0.208. The number of nitrogens with one attached hydrogen (secondary N) is 1. The van der Waals surface area contributed by atoms with Crippen LogP contribution in [-0.2, 0) is 13.6 Å². The summed E-state index contributed by atoms with van der Waals surface area (Å²) < 4.78 is 15.2. The Morgan fingerprint density at radius 3 is 2.94 bits per heavy atom. The molecular weight excluding hydrogens is 229 g/mol. The van der Waals surface area contributed by atoms with Gasteiger partial charge in [-0.3, -0.25) is 0 Å². The van der Waals surface area contributed by atoms with Crippen LogP contribution in [0, 0.1) is 5.82 Å². The maximum Gasteiger partial charge on any atom is 0.125 e. The zero-order chi connectivity index (χ0) is 12.5. The van der Waals surface area contributed by atoms with Gasteiger partial charge in [0, 0.05) is 13.1 Å². The van der Waals surface area contributed by atoms with Crippen LogP contribution in [-0.4, -0.2) is 15.6 Å². The summed E-state index contributed by atoms with van der Waals surface area (Å²) in [4.78, 5) is 4.55. The summed E-state index contributed by atoms with van der Waals surface area (Å²) in [6.07, 6.45) is 5.17. The fourth-order valence-corrected chi connectivity index (χ4v) is 2.74. The molecule has 1 heterocycles. The summed E-state index contributed by atoms with van der Waals surface area (Å²) in [7, 11) is 1.94. The lowest BCUT2D eigenvalue weighted by atomic mass is 10.2. The first-order valence-electron chi connectivity index (χ1n) is 6.58. The molecule has 0 radical (unpaired) electrons. The van der Waals surface area contributed by atoms with Crippen LogP contribution in [0.4, 0.5) is 4.39 Å². The van der Waals surface area contributed by atoms with E-state index in [9.17, 15) is 4.39 Å². The second-order valence-corrected chi connectivity index (χ2v) is 5.08. The highest BCUT2D eigenvalue weighted by atomic mass is 19.1. The summed E-state index contributed by atoms with van der Waals surface area (Å²) in [5, 5.41) is 3.54. The molecule has 1 saturated carbocycles. The van der Waals surface area contributed by atoms with Crippen molar-refractivity contribution in [3.05, 3.63) is 29.8 Å². The Bertz CT molecular complexity index is 555. The van der Waals surface area contributed by atoms with Crippen LogP contribution >= 0.6 is 0 Å². The first-order valence-corrected chi connectivity index (χ1v) is 6.58. The Balaban J connectivity index is 1.81. The zero-order valence-corrected chi connectivity index (χ0v) is 10.6. The minimum Gasteiger partial charge on any atom is -0.330 e. The summed E-state index contributed by atoms with van der Waals surface area (Å²) in [6, 6.07) is 5.37. The molecule has 0 atom stereocenters. The molecule has 0 spiro atoms. The van der Waals surface area contributed by atoms with Crippen molar-refractivity contribution in [3.8, 4) is 0 Å². The minimum absolute atomic E-state index is 0.208. The van der Waals surface area contributed by atoms with E-state index in [2.05, 4.69) is 10.3 Å². The number of aryl methyl sites for hydroxylation is 1. The molecule has 4 heteroatoms. The van der Waals surface area contributed by atoms with E-state index >= 15 is 0 Å². The molecule has 0 aliphatic heterocycles. The van der Waals surface area contributed by atoms with E-state index in [-0.39, 0.29) is 5.82 Å². The van der Waals surface area contributed by atoms with Gasteiger partial charge in [-0.15, -0.1) is 0 Å². The number of nitrogens with zero attached hydrogens (tertiary/aromatic N) is 2. The second-order valence-electron chi connectivity index (χ2n) is 5.08. The van der Waals surface area contributed by atoms with E-state index in [1.54, 1.807) is 12.1 Å². The summed E-state index contributed by atoms with van der Waals surface area (Å²) in [5.41, 5.74) is 1.72. The van der Waals surface area contributed by atoms with Gasteiger partial charge in [-0.05, 0) is 31.0 Å². The largest absolute Gasteiger partial charge is 0.330 e. The Hall–Kier alpha value is -1.42. The predicted molar refractivity (Wildman–Crippen MR) is 69.8 cm³/mol. The van der Waals surface area contributed by atoms with Crippen molar-refractivity contribution in [2.75, 3.05) is 0 Å². The number of fused-ring (bicyclic) bond motifs is 1. The highest BCUT2D eigenvalue weighted by Gasteiger charge is 2.15. The average Bonchev–Trinajstić information content (AvgIpc) is 2.97. The molecule has 1 fully saturated rings. The van der Waals surface area contributed by atoms with Gasteiger partial charge in [0.25, 0.3) is 0 Å². The van der Waals surface area contributed by atoms with E-state index in [0.717, 1.165) is 23.4 Å². The normalized spacial score (nSPS) is 16.8. The van der Waals surface area contributed by atoms with Crippen molar-refractivity contribution in [1.29, 1.82) is 0 Å². The first-order chi connectivity index (χ1) is 8.74. The van der Waals surface area contributed by atoms with Crippen LogP contribution in [0.2, 0.25) is 0 Å². The average molecular weight is 247 g/mol. The molecule has 1 aliphatic rings. The van der Waals surface area contributed by atoms with Crippen molar-refractivity contribution in [3.63, 3.8) is 0 Å². The summed E-state index contributed by atoms with van der Waals surface area (Å²) in [6.45, 7) is 0.761. The van der Waals surface area contributed by atoms with Crippen molar-refractivity contribution >= 4 is 11.0 Å². The maximum absolute atomic E-state index is 13.2. The topological polar surface area (TPSA) is 29.9 Å². The summed E-state index contributed by atoms with van der Waals surface area (Å²) >= 11 is 0. The van der Waals surface area contributed by atoms with Crippen molar-refractivity contribution in [1.82, 2.24) is 14.9 Å². The molecule has 1 aromatic carbocycles. The fourth-order valence-electron chi connectivity index (χ4n) is 2.74. The molecule has 3 nitrogen and oxygen atoms in total. The highest BCUT2D eigenvalue weighted by Crippen LogP contribution is 2.19. The van der Waals surface area contributed by atoms with E-state index in [0.29, 0.717) is 6.04 Å². The van der Waals surface area contributed by atoms with Gasteiger partial charge in [-0.2, -0.15) is 0 Å². The molecule has 0 saturated heterocycles. The SMILES string of the molecule is Cn1c(CNC2CCCC2)nc2ccc(F)cc21. The lowest BCUT2D eigenvalue weighted by Crippen LogP contribution is -2.26. The third kappa shape index (κ3) is 2.12. The first kappa shape index (κ1) is 11.7. The summed E-state index contributed by atoms with van der Waals surface area (Å²) in [5.74, 6) is 0.767. The van der Waals surface area contributed by atoms with E-state index < -0.39 is 0 Å². The molecule has 18 heavy (non-hydrogen) atoms. The Labute approximate surface area is 106 Å². The molecule has 1 aliphatic carbocycles. The molecule has 1 aromatic heterocycles. The third-order valence-electron chi connectivity index (χ3n) is 3.84. The molecule has 0 unspecified atom stereocenters. The maximum atomic E-state index is 13.2. The molecule has 96 valence electrons. The zero-order valence-electron chi connectivity index (χ0n) is 10.6. The van der Waals surface area contributed by atoms with Gasteiger partial charge >= 0.3 is 0 Å². The number of rotatable bonds is 3. The Kier molecular flexibility index (Phi) is 3.04. The van der Waals surface area contributed by atoms with Crippen LogP contribution < -0.4 is 5.32 Å². The third-order valence-corrected chi connectivity index (χ3v) is 3.84. The van der Waals surface area contributed by atoms with Crippen LogP contribution in [0.3, 0.4) is 0 Å². The molecule has 3 rings (SSSR count). The van der Waals surface area contributed by atoms with Crippen molar-refractivity contribution in [2.45, 2.75) is 38.3 Å². The van der Waals surface area contributed by atoms with E-state index in [1.165, 1.54) is 31.7 Å². The van der Waals surface area contributed by atoms with Gasteiger partial charge < -0.3 is 9.88 Å². The highest BCUT2D eigenvalue weighted by molar-refractivity contribution is 5.75. The van der Waals surface area contributed by atoms with Crippen LogP contribution in [0.25, 0.3) is 11.0 Å². The lowest BCUT2D eigenvalue weighted by Gasteiger charge is -2.11. The molecule has 1 N–H and O–H groups in total. The van der Waals surface area contributed by atoms with Crippen molar-refractivity contribution in [2.24, 2.45) is 7.05 Å². The molecule has 0 amide bonds. The number of aromatic nitrogens is 2. The van der Waals surface area contributed by atoms with Gasteiger partial charge in [-0.25, -0.2) is 9.37 Å². The van der Waals surface area contributed by atoms with Gasteiger partial charge in [0.15, 0.2) is 0 Å². The van der Waals surface area contributed by atoms with Gasteiger partial charge in [-0.1, -0.05) is 12.8 Å². The Morgan fingerprint density at radius 1 is 1.39 bits per heavy atom. The van der Waals surface area contributed by atoms with Crippen LogP contribution in [0.5, 0.6) is 0 Å². The molecular formula is C14H18FN3. The van der Waals surface area contributed by atoms with Gasteiger partial charge in [0.05, 0.1) is 17.6 Å². The number of benzene rings is 1. The smallest absolute Gasteiger partial charge is 0.125 e. The Morgan fingerprint density at radius 2 is 2.17 bits per heavy atom. The van der Waals surface area contributed by atoms with Crippen LogP contribution in [0.15, 0.2) is 18.2 Å². The standard InChI is InChI=1S/C14H18FN3/c1-18-13-8-10(15)6-7-12(13)17-14(18)9-16-11-4-2-3-5-11/h6-8,11,16H,2-5,9H2,1H3. The lowest BCUT2D eigenvalue weighted by molar-refractivity contribution is 0.508. The number of hydrogen-bond donors (Lipinski definition) is 1. The second kappa shape index (κ2) is 4.69. The van der Waals surface area contributed by atoms with E-state index in [4.69, 9.17) is 0 Å². The number of hydrogen-bond acceptors (Lipinski definition) is 2. The predicted octanol–water partition coefficient (Wildman–Crippen LogP) is 2.74. The number of halogens is 1. The molecule has 0 bridgehead atoms. The van der Waals surface area contributed by atoms with Gasteiger partial charge in [0.2, 0.25) is 0 Å².